The van der Waals surface area contributed by atoms with Gasteiger partial charge in [0, 0.05) is 16.3 Å². The zero-order valence-electron chi connectivity index (χ0n) is 22.7. The molecule has 9 rings (SSSR count). The zero-order chi connectivity index (χ0) is 26.4. The Kier molecular flexibility index (Phi) is 4.67. The highest BCUT2D eigenvalue weighted by atomic mass is 16.3. The lowest BCUT2D eigenvalue weighted by atomic mass is 9.91. The lowest BCUT2D eigenvalue weighted by molar-refractivity contribution is 0.669. The SMILES string of the molecule is CCCc1ccc2oc3c(-c4ccc(-c5cc6ccccc6c6ccccc56)cc4)cc(C4C5CC54)cc3c2c1. The van der Waals surface area contributed by atoms with E-state index in [2.05, 4.69) is 116 Å². The topological polar surface area (TPSA) is 13.1 Å². The number of rotatable bonds is 5. The smallest absolute Gasteiger partial charge is 0.143 e. The van der Waals surface area contributed by atoms with Gasteiger partial charge in [0.15, 0.2) is 0 Å². The molecule has 7 aromatic rings. The van der Waals surface area contributed by atoms with Gasteiger partial charge in [-0.3, -0.25) is 0 Å². The molecule has 1 nitrogen and oxygen atoms in total. The molecule has 2 saturated carbocycles. The standard InChI is InChI=1S/C39H30O/c1-2-7-23-12-17-37-33(18-23)36-21-27(38-34-22-35(34)38)20-32(39(36)40-37)25-15-13-24(14-16-25)31-19-26-8-3-4-9-28(26)29-10-5-6-11-30(29)31/h3-6,8-21,34-35,38H,2,7,22H2,1H3. The molecular weight excluding hydrogens is 484 g/mol. The van der Waals surface area contributed by atoms with Crippen LogP contribution in [0.2, 0.25) is 0 Å². The lowest BCUT2D eigenvalue weighted by Gasteiger charge is -2.13. The molecule has 0 amide bonds. The third kappa shape index (κ3) is 3.34. The lowest BCUT2D eigenvalue weighted by Crippen LogP contribution is -1.91. The van der Waals surface area contributed by atoms with E-state index in [9.17, 15) is 0 Å². The van der Waals surface area contributed by atoms with Gasteiger partial charge in [-0.1, -0.05) is 92.2 Å². The maximum Gasteiger partial charge on any atom is 0.143 e. The van der Waals surface area contributed by atoms with E-state index in [1.165, 1.54) is 72.1 Å². The van der Waals surface area contributed by atoms with Gasteiger partial charge in [0.2, 0.25) is 0 Å². The Balaban J connectivity index is 1.21. The van der Waals surface area contributed by atoms with Crippen molar-refractivity contribution >= 4 is 43.5 Å². The van der Waals surface area contributed by atoms with Gasteiger partial charge >= 0.3 is 0 Å². The van der Waals surface area contributed by atoms with Crippen LogP contribution in [0.5, 0.6) is 0 Å². The van der Waals surface area contributed by atoms with Crippen LogP contribution in [0.4, 0.5) is 0 Å². The van der Waals surface area contributed by atoms with Crippen molar-refractivity contribution in [3.63, 3.8) is 0 Å². The van der Waals surface area contributed by atoms with E-state index in [0.717, 1.165) is 41.8 Å². The highest BCUT2D eigenvalue weighted by Gasteiger charge is 2.64. The van der Waals surface area contributed by atoms with Crippen LogP contribution in [0.3, 0.4) is 0 Å². The monoisotopic (exact) mass is 514 g/mol. The second kappa shape index (κ2) is 8.32. The van der Waals surface area contributed by atoms with Gasteiger partial charge in [-0.2, -0.15) is 0 Å². The van der Waals surface area contributed by atoms with E-state index < -0.39 is 0 Å². The first-order valence-corrected chi connectivity index (χ1v) is 14.8. The summed E-state index contributed by atoms with van der Waals surface area (Å²) in [5, 5.41) is 7.73. The molecule has 2 fully saturated rings. The fourth-order valence-electron chi connectivity index (χ4n) is 7.19. The van der Waals surface area contributed by atoms with Crippen LogP contribution in [-0.2, 0) is 6.42 Å². The Morgan fingerprint density at radius 1 is 0.625 bits per heavy atom. The van der Waals surface area contributed by atoms with Crippen molar-refractivity contribution in [3.8, 4) is 22.3 Å². The van der Waals surface area contributed by atoms with Crippen molar-refractivity contribution < 1.29 is 4.42 Å². The maximum absolute atomic E-state index is 6.59. The van der Waals surface area contributed by atoms with Crippen LogP contribution in [0.25, 0.3) is 65.7 Å². The Hall–Kier alpha value is -4.36. The number of aryl methyl sites for hydroxylation is 1. The van der Waals surface area contributed by atoms with Crippen LogP contribution in [0, 0.1) is 11.8 Å². The molecule has 2 unspecified atom stereocenters. The van der Waals surface area contributed by atoms with Crippen LogP contribution in [0.15, 0.2) is 114 Å². The van der Waals surface area contributed by atoms with Crippen molar-refractivity contribution in [2.75, 3.05) is 0 Å². The fraction of sp³-hybridized carbons (Fsp3) is 0.179. The molecule has 0 N–H and O–H groups in total. The molecule has 2 aliphatic rings. The van der Waals surface area contributed by atoms with Crippen LogP contribution in [-0.4, -0.2) is 0 Å². The normalized spacial score (nSPS) is 19.5. The summed E-state index contributed by atoms with van der Waals surface area (Å²) in [6.45, 7) is 2.25. The third-order valence-corrected chi connectivity index (χ3v) is 9.53. The second-order valence-corrected chi connectivity index (χ2v) is 12.0. The van der Waals surface area contributed by atoms with E-state index in [1.807, 2.05) is 0 Å². The molecule has 40 heavy (non-hydrogen) atoms. The molecule has 6 aromatic carbocycles. The number of hydrogen-bond donors (Lipinski definition) is 0. The molecule has 1 heteroatoms. The van der Waals surface area contributed by atoms with Crippen LogP contribution in [0.1, 0.15) is 36.8 Å². The summed E-state index contributed by atoms with van der Waals surface area (Å²) in [6, 6.07) is 40.6. The summed E-state index contributed by atoms with van der Waals surface area (Å²) >= 11 is 0. The quantitative estimate of drug-likeness (QED) is 0.208. The molecule has 1 aromatic heterocycles. The average molecular weight is 515 g/mol. The first-order valence-electron chi connectivity index (χ1n) is 14.8. The predicted octanol–water partition coefficient (Wildman–Crippen LogP) is 10.9. The highest BCUT2D eigenvalue weighted by Crippen LogP contribution is 2.73. The molecule has 0 spiro atoms. The number of hydrogen-bond acceptors (Lipinski definition) is 1. The molecule has 2 aliphatic carbocycles. The Bertz CT molecular complexity index is 2100. The minimum atomic E-state index is 0.746. The van der Waals surface area contributed by atoms with Crippen molar-refractivity contribution in [3.05, 3.63) is 120 Å². The summed E-state index contributed by atoms with van der Waals surface area (Å²) in [5.74, 6) is 2.58. The minimum absolute atomic E-state index is 0.746. The Labute approximate surface area is 234 Å². The van der Waals surface area contributed by atoms with Crippen molar-refractivity contribution in [2.45, 2.75) is 32.1 Å². The van der Waals surface area contributed by atoms with Gasteiger partial charge < -0.3 is 4.42 Å². The molecule has 0 radical (unpaired) electrons. The molecular formula is C39H30O. The first kappa shape index (κ1) is 22.5. The molecule has 1 heterocycles. The molecule has 0 bridgehead atoms. The van der Waals surface area contributed by atoms with E-state index in [4.69, 9.17) is 4.42 Å². The summed E-state index contributed by atoms with van der Waals surface area (Å²) < 4.78 is 6.59. The van der Waals surface area contributed by atoms with Gasteiger partial charge in [0.1, 0.15) is 11.2 Å². The van der Waals surface area contributed by atoms with Crippen LogP contribution < -0.4 is 0 Å². The molecule has 192 valence electrons. The van der Waals surface area contributed by atoms with Crippen LogP contribution >= 0.6 is 0 Å². The van der Waals surface area contributed by atoms with Gasteiger partial charge in [-0.15, -0.1) is 0 Å². The fourth-order valence-corrected chi connectivity index (χ4v) is 7.19. The summed E-state index contributed by atoms with van der Waals surface area (Å²) in [6.07, 6.45) is 3.67. The third-order valence-electron chi connectivity index (χ3n) is 9.53. The van der Waals surface area contributed by atoms with Gasteiger partial charge in [-0.05, 0) is 110 Å². The number of benzene rings is 6. The largest absolute Gasteiger partial charge is 0.455 e. The maximum atomic E-state index is 6.59. The highest BCUT2D eigenvalue weighted by molar-refractivity contribution is 6.14. The van der Waals surface area contributed by atoms with Crippen molar-refractivity contribution in [2.24, 2.45) is 11.8 Å². The number of furan rings is 1. The minimum Gasteiger partial charge on any atom is -0.455 e. The summed E-state index contributed by atoms with van der Waals surface area (Å²) in [4.78, 5) is 0. The zero-order valence-corrected chi connectivity index (χ0v) is 22.7. The average Bonchev–Trinajstić information content (AvgIpc) is 3.90. The summed E-state index contributed by atoms with van der Waals surface area (Å²) in [5.41, 5.74) is 9.88. The van der Waals surface area contributed by atoms with E-state index >= 15 is 0 Å². The predicted molar refractivity (Wildman–Crippen MR) is 168 cm³/mol. The summed E-state index contributed by atoms with van der Waals surface area (Å²) in [7, 11) is 0. The van der Waals surface area contributed by atoms with Gasteiger partial charge in [-0.25, -0.2) is 0 Å². The van der Waals surface area contributed by atoms with E-state index in [0.29, 0.717) is 0 Å². The Morgan fingerprint density at radius 3 is 2.10 bits per heavy atom. The first-order chi connectivity index (χ1) is 19.8. The Morgan fingerprint density at radius 2 is 1.35 bits per heavy atom. The van der Waals surface area contributed by atoms with E-state index in [-0.39, 0.29) is 0 Å². The number of fused-ring (bicyclic) bond motifs is 7. The van der Waals surface area contributed by atoms with Gasteiger partial charge in [0.05, 0.1) is 0 Å². The van der Waals surface area contributed by atoms with Crippen molar-refractivity contribution in [1.29, 1.82) is 0 Å². The van der Waals surface area contributed by atoms with Gasteiger partial charge in [0.25, 0.3) is 0 Å². The molecule has 0 aliphatic heterocycles. The van der Waals surface area contributed by atoms with E-state index in [1.54, 1.807) is 0 Å². The van der Waals surface area contributed by atoms with Crippen molar-refractivity contribution in [1.82, 2.24) is 0 Å². The molecule has 2 atom stereocenters. The molecule has 0 saturated heterocycles. The second-order valence-electron chi connectivity index (χ2n) is 12.0.